The van der Waals surface area contributed by atoms with Gasteiger partial charge in [-0.3, -0.25) is 0 Å². The number of para-hydroxylation sites is 2. The second-order valence-electron chi connectivity index (χ2n) is 4.74. The number of ether oxygens (including phenoxy) is 2. The van der Waals surface area contributed by atoms with Crippen LogP contribution in [-0.2, 0) is 4.74 Å². The van der Waals surface area contributed by atoms with Gasteiger partial charge in [0.2, 0.25) is 0 Å². The van der Waals surface area contributed by atoms with Crippen molar-refractivity contribution in [2.45, 2.75) is 26.1 Å². The molecule has 0 amide bonds. The van der Waals surface area contributed by atoms with Crippen molar-refractivity contribution < 1.29 is 9.47 Å². The Kier molecular flexibility index (Phi) is 2.80. The second kappa shape index (κ2) is 4.46. The second-order valence-corrected chi connectivity index (χ2v) is 4.74. The summed E-state index contributed by atoms with van der Waals surface area (Å²) < 4.78 is 12.0. The third-order valence-electron chi connectivity index (χ3n) is 3.03. The van der Waals surface area contributed by atoms with Crippen LogP contribution in [0.4, 0.5) is 0 Å². The predicted octanol–water partition coefficient (Wildman–Crippen LogP) is 4.31. The van der Waals surface area contributed by atoms with Gasteiger partial charge in [-0.1, -0.05) is 36.4 Å². The molecule has 3 rings (SSSR count). The van der Waals surface area contributed by atoms with Crippen LogP contribution in [0.3, 0.4) is 0 Å². The highest BCUT2D eigenvalue weighted by molar-refractivity contribution is 5.51. The lowest BCUT2D eigenvalue weighted by Crippen LogP contribution is -2.16. The van der Waals surface area contributed by atoms with Crippen molar-refractivity contribution in [2.24, 2.45) is 0 Å². The number of hydrogen-bond donors (Lipinski definition) is 0. The summed E-state index contributed by atoms with van der Waals surface area (Å²) in [5.41, 5.74) is 2.20. The van der Waals surface area contributed by atoms with Gasteiger partial charge in [0.05, 0.1) is 6.10 Å². The Balaban J connectivity index is 2.11. The van der Waals surface area contributed by atoms with Crippen molar-refractivity contribution >= 4 is 0 Å². The van der Waals surface area contributed by atoms with Gasteiger partial charge >= 0.3 is 0 Å². The van der Waals surface area contributed by atoms with E-state index < -0.39 is 0 Å². The Morgan fingerprint density at radius 1 is 0.889 bits per heavy atom. The van der Waals surface area contributed by atoms with Crippen LogP contribution >= 0.6 is 0 Å². The summed E-state index contributed by atoms with van der Waals surface area (Å²) in [6.07, 6.45) is 0.139. The first kappa shape index (κ1) is 11.3. The fraction of sp³-hybridized carbons (Fsp3) is 0.250. The largest absolute Gasteiger partial charge is 0.457 e. The van der Waals surface area contributed by atoms with Gasteiger partial charge in [-0.05, 0) is 26.0 Å². The van der Waals surface area contributed by atoms with Crippen molar-refractivity contribution in [1.82, 2.24) is 0 Å². The molecule has 1 aliphatic heterocycles. The summed E-state index contributed by atoms with van der Waals surface area (Å²) in [5.74, 6) is 1.78. The molecule has 2 heteroatoms. The van der Waals surface area contributed by atoms with Crippen LogP contribution in [0.25, 0.3) is 0 Å². The first-order valence-electron chi connectivity index (χ1n) is 6.27. The minimum absolute atomic E-state index is 0.0360. The third kappa shape index (κ3) is 1.89. The SMILES string of the molecule is CC(C)OC1c2ccccc2Oc2ccccc21. The zero-order valence-electron chi connectivity index (χ0n) is 10.6. The van der Waals surface area contributed by atoms with Gasteiger partial charge in [-0.2, -0.15) is 0 Å². The molecule has 0 N–H and O–H groups in total. The molecular formula is C16H16O2. The molecule has 1 aliphatic rings. The van der Waals surface area contributed by atoms with Gasteiger partial charge in [-0.15, -0.1) is 0 Å². The molecule has 0 saturated carbocycles. The van der Waals surface area contributed by atoms with Gasteiger partial charge in [0.1, 0.15) is 17.6 Å². The average molecular weight is 240 g/mol. The van der Waals surface area contributed by atoms with E-state index >= 15 is 0 Å². The molecule has 0 aromatic heterocycles. The summed E-state index contributed by atoms with van der Waals surface area (Å²) in [6, 6.07) is 16.1. The fourth-order valence-electron chi connectivity index (χ4n) is 2.28. The van der Waals surface area contributed by atoms with Crippen molar-refractivity contribution in [2.75, 3.05) is 0 Å². The number of fused-ring (bicyclic) bond motifs is 2. The van der Waals surface area contributed by atoms with E-state index in [1.54, 1.807) is 0 Å². The first-order chi connectivity index (χ1) is 8.75. The van der Waals surface area contributed by atoms with Crippen LogP contribution in [0.5, 0.6) is 11.5 Å². The first-order valence-corrected chi connectivity index (χ1v) is 6.27. The zero-order chi connectivity index (χ0) is 12.5. The molecular weight excluding hydrogens is 224 g/mol. The fourth-order valence-corrected chi connectivity index (χ4v) is 2.28. The zero-order valence-corrected chi connectivity index (χ0v) is 10.6. The minimum Gasteiger partial charge on any atom is -0.457 e. The molecule has 0 bridgehead atoms. The van der Waals surface area contributed by atoms with E-state index in [9.17, 15) is 0 Å². The summed E-state index contributed by atoms with van der Waals surface area (Å²) in [4.78, 5) is 0. The Labute approximate surface area is 107 Å². The lowest BCUT2D eigenvalue weighted by Gasteiger charge is -2.29. The van der Waals surface area contributed by atoms with Crippen LogP contribution in [0.15, 0.2) is 48.5 Å². The maximum Gasteiger partial charge on any atom is 0.133 e. The molecule has 0 spiro atoms. The molecule has 0 atom stereocenters. The van der Waals surface area contributed by atoms with Gasteiger partial charge in [0.25, 0.3) is 0 Å². The highest BCUT2D eigenvalue weighted by atomic mass is 16.5. The molecule has 0 radical (unpaired) electrons. The highest BCUT2D eigenvalue weighted by Gasteiger charge is 2.27. The van der Waals surface area contributed by atoms with Gasteiger partial charge < -0.3 is 9.47 Å². The molecule has 1 heterocycles. The van der Waals surface area contributed by atoms with Crippen LogP contribution in [-0.4, -0.2) is 6.10 Å². The number of rotatable bonds is 2. The maximum atomic E-state index is 6.06. The van der Waals surface area contributed by atoms with Gasteiger partial charge in [-0.25, -0.2) is 0 Å². The quantitative estimate of drug-likeness (QED) is 0.778. The minimum atomic E-state index is -0.0360. The number of hydrogen-bond acceptors (Lipinski definition) is 2. The average Bonchev–Trinajstić information content (AvgIpc) is 2.38. The predicted molar refractivity (Wildman–Crippen MR) is 71.0 cm³/mol. The Hall–Kier alpha value is -1.80. The van der Waals surface area contributed by atoms with E-state index in [1.807, 2.05) is 36.4 Å². The van der Waals surface area contributed by atoms with Crippen molar-refractivity contribution in [3.63, 3.8) is 0 Å². The monoisotopic (exact) mass is 240 g/mol. The van der Waals surface area contributed by atoms with E-state index in [4.69, 9.17) is 9.47 Å². The van der Waals surface area contributed by atoms with Crippen molar-refractivity contribution in [3.05, 3.63) is 59.7 Å². The van der Waals surface area contributed by atoms with Crippen LogP contribution < -0.4 is 4.74 Å². The van der Waals surface area contributed by atoms with Crippen LogP contribution in [0.2, 0.25) is 0 Å². The summed E-state index contributed by atoms with van der Waals surface area (Å²) in [7, 11) is 0. The van der Waals surface area contributed by atoms with Crippen molar-refractivity contribution in [1.29, 1.82) is 0 Å². The van der Waals surface area contributed by atoms with E-state index in [0.29, 0.717) is 0 Å². The van der Waals surface area contributed by atoms with Crippen molar-refractivity contribution in [3.8, 4) is 11.5 Å². The summed E-state index contributed by atoms with van der Waals surface area (Å²) >= 11 is 0. The van der Waals surface area contributed by atoms with Crippen LogP contribution in [0, 0.1) is 0 Å². The Bertz CT molecular complexity index is 515. The molecule has 0 fully saturated rings. The van der Waals surface area contributed by atoms with E-state index in [2.05, 4.69) is 26.0 Å². The maximum absolute atomic E-state index is 6.06. The van der Waals surface area contributed by atoms with Crippen LogP contribution in [0.1, 0.15) is 31.1 Å². The molecule has 2 aromatic rings. The Morgan fingerprint density at radius 3 is 1.89 bits per heavy atom. The van der Waals surface area contributed by atoms with Gasteiger partial charge in [0, 0.05) is 11.1 Å². The topological polar surface area (TPSA) is 18.5 Å². The summed E-state index contributed by atoms with van der Waals surface area (Å²) in [6.45, 7) is 4.11. The smallest absolute Gasteiger partial charge is 0.133 e. The van der Waals surface area contributed by atoms with E-state index in [0.717, 1.165) is 22.6 Å². The summed E-state index contributed by atoms with van der Waals surface area (Å²) in [5, 5.41) is 0. The molecule has 0 unspecified atom stereocenters. The Morgan fingerprint density at radius 2 is 1.39 bits per heavy atom. The number of benzene rings is 2. The third-order valence-corrected chi connectivity index (χ3v) is 3.03. The lowest BCUT2D eigenvalue weighted by molar-refractivity contribution is 0.0253. The molecule has 18 heavy (non-hydrogen) atoms. The standard InChI is InChI=1S/C16H16O2/c1-11(2)17-16-12-7-3-5-9-14(12)18-15-10-6-4-8-13(15)16/h3-11,16H,1-2H3. The van der Waals surface area contributed by atoms with Gasteiger partial charge in [0.15, 0.2) is 0 Å². The molecule has 0 saturated heterocycles. The highest BCUT2D eigenvalue weighted by Crippen LogP contribution is 2.44. The molecule has 92 valence electrons. The lowest BCUT2D eigenvalue weighted by atomic mass is 9.97. The normalized spacial score (nSPS) is 13.9. The van der Waals surface area contributed by atoms with E-state index in [1.165, 1.54) is 0 Å². The molecule has 2 nitrogen and oxygen atoms in total. The molecule has 0 aliphatic carbocycles. The molecule has 2 aromatic carbocycles. The van der Waals surface area contributed by atoms with E-state index in [-0.39, 0.29) is 12.2 Å².